The lowest BCUT2D eigenvalue weighted by Crippen LogP contribution is -2.17. The molecule has 0 aliphatic heterocycles. The summed E-state index contributed by atoms with van der Waals surface area (Å²) in [7, 11) is 0. The highest BCUT2D eigenvalue weighted by Crippen LogP contribution is 2.30. The lowest BCUT2D eigenvalue weighted by molar-refractivity contribution is -0.113. The van der Waals surface area contributed by atoms with Crippen LogP contribution in [0.5, 0.6) is 0 Å². The lowest BCUT2D eigenvalue weighted by atomic mass is 10.0. The van der Waals surface area contributed by atoms with E-state index in [2.05, 4.69) is 17.4 Å². The summed E-state index contributed by atoms with van der Waals surface area (Å²) in [6, 6.07) is 3.88. The molecule has 0 fully saturated rings. The van der Waals surface area contributed by atoms with Crippen molar-refractivity contribution >= 4 is 35.0 Å². The molecule has 0 aliphatic carbocycles. The predicted octanol–water partition coefficient (Wildman–Crippen LogP) is 4.94. The Labute approximate surface area is 152 Å². The zero-order chi connectivity index (χ0) is 17.7. The summed E-state index contributed by atoms with van der Waals surface area (Å²) >= 11 is 7.83. The number of carbonyl (C=O) groups excluding carboxylic acids is 1. The fourth-order valence-electron chi connectivity index (χ4n) is 2.60. The Hall–Kier alpha value is -1.46. The van der Waals surface area contributed by atoms with E-state index in [9.17, 15) is 4.79 Å². The van der Waals surface area contributed by atoms with Crippen molar-refractivity contribution in [2.45, 2.75) is 46.3 Å². The number of benzene rings is 1. The average Bonchev–Trinajstić information content (AvgIpc) is 2.87. The Morgan fingerprint density at radius 1 is 1.25 bits per heavy atom. The maximum absolute atomic E-state index is 12.3. The number of aromatic nitrogens is 1. The summed E-state index contributed by atoms with van der Waals surface area (Å²) in [5.41, 5.74) is 4.94. The number of nitrogens with zero attached hydrogens (tertiary/aromatic N) is 1. The van der Waals surface area contributed by atoms with Crippen LogP contribution < -0.4 is 5.32 Å². The second-order valence-electron chi connectivity index (χ2n) is 5.61. The van der Waals surface area contributed by atoms with E-state index in [0.29, 0.717) is 16.5 Å². The molecule has 130 valence electrons. The first-order valence-corrected chi connectivity index (χ1v) is 9.60. The molecule has 1 aromatic heterocycles. The van der Waals surface area contributed by atoms with E-state index in [1.807, 2.05) is 32.9 Å². The molecule has 2 rings (SSSR count). The Morgan fingerprint density at radius 3 is 2.58 bits per heavy atom. The van der Waals surface area contributed by atoms with Crippen molar-refractivity contribution in [3.8, 4) is 0 Å². The molecule has 1 amide bonds. The van der Waals surface area contributed by atoms with Gasteiger partial charge in [-0.3, -0.25) is 4.79 Å². The third-order valence-corrected chi connectivity index (χ3v) is 5.31. The summed E-state index contributed by atoms with van der Waals surface area (Å²) in [5, 5.41) is 7.68. The standard InChI is InChI=1S/C18H23ClN2O2S/c1-5-13-7-8-16(19)14(6-2)18(13)20-17(22)10-24-9-15-11(3)21-23-12(15)4/h7-8H,5-6,9-10H2,1-4H3,(H,20,22). The molecule has 1 heterocycles. The van der Waals surface area contributed by atoms with Gasteiger partial charge < -0.3 is 9.84 Å². The molecule has 4 nitrogen and oxygen atoms in total. The first-order valence-electron chi connectivity index (χ1n) is 8.07. The van der Waals surface area contributed by atoms with Gasteiger partial charge in [-0.15, -0.1) is 11.8 Å². The second-order valence-corrected chi connectivity index (χ2v) is 7.00. The van der Waals surface area contributed by atoms with E-state index in [0.717, 1.165) is 46.7 Å². The van der Waals surface area contributed by atoms with Gasteiger partial charge in [-0.1, -0.05) is 36.7 Å². The molecule has 0 unspecified atom stereocenters. The van der Waals surface area contributed by atoms with Crippen molar-refractivity contribution in [3.63, 3.8) is 0 Å². The number of thioether (sulfide) groups is 1. The Balaban J connectivity index is 2.01. The normalized spacial score (nSPS) is 10.9. The Bertz CT molecular complexity index is 709. The van der Waals surface area contributed by atoms with Gasteiger partial charge in [-0.2, -0.15) is 0 Å². The van der Waals surface area contributed by atoms with Gasteiger partial charge >= 0.3 is 0 Å². The van der Waals surface area contributed by atoms with Crippen LogP contribution in [0, 0.1) is 13.8 Å². The maximum atomic E-state index is 12.3. The van der Waals surface area contributed by atoms with E-state index in [4.69, 9.17) is 16.1 Å². The first-order chi connectivity index (χ1) is 11.5. The van der Waals surface area contributed by atoms with Gasteiger partial charge in [0.1, 0.15) is 5.76 Å². The molecule has 24 heavy (non-hydrogen) atoms. The number of rotatable bonds is 7. The lowest BCUT2D eigenvalue weighted by Gasteiger charge is -2.15. The molecule has 0 saturated carbocycles. The van der Waals surface area contributed by atoms with Gasteiger partial charge in [-0.25, -0.2) is 0 Å². The fourth-order valence-corrected chi connectivity index (χ4v) is 3.86. The number of hydrogen-bond acceptors (Lipinski definition) is 4. The van der Waals surface area contributed by atoms with Crippen LogP contribution in [0.4, 0.5) is 5.69 Å². The van der Waals surface area contributed by atoms with E-state index in [1.54, 1.807) is 11.8 Å². The molecule has 1 N–H and O–H groups in total. The van der Waals surface area contributed by atoms with Crippen molar-refractivity contribution in [2.24, 2.45) is 0 Å². The third kappa shape index (κ3) is 4.33. The van der Waals surface area contributed by atoms with E-state index >= 15 is 0 Å². The number of hydrogen-bond donors (Lipinski definition) is 1. The topological polar surface area (TPSA) is 55.1 Å². The zero-order valence-corrected chi connectivity index (χ0v) is 16.1. The molecule has 0 spiro atoms. The second kappa shape index (κ2) is 8.58. The van der Waals surface area contributed by atoms with Crippen LogP contribution in [0.3, 0.4) is 0 Å². The van der Waals surface area contributed by atoms with Crippen LogP contribution in [-0.2, 0) is 23.4 Å². The molecule has 6 heteroatoms. The van der Waals surface area contributed by atoms with Crippen molar-refractivity contribution in [2.75, 3.05) is 11.1 Å². The third-order valence-electron chi connectivity index (χ3n) is 4.00. The largest absolute Gasteiger partial charge is 0.361 e. The number of aryl methyl sites for hydroxylation is 3. The quantitative estimate of drug-likeness (QED) is 0.753. The van der Waals surface area contributed by atoms with Crippen LogP contribution in [0.1, 0.15) is 42.0 Å². The number of carbonyl (C=O) groups is 1. The van der Waals surface area contributed by atoms with Crippen LogP contribution in [-0.4, -0.2) is 16.8 Å². The van der Waals surface area contributed by atoms with E-state index in [1.165, 1.54) is 0 Å². The predicted molar refractivity (Wildman–Crippen MR) is 101 cm³/mol. The van der Waals surface area contributed by atoms with Crippen molar-refractivity contribution in [1.82, 2.24) is 5.16 Å². The van der Waals surface area contributed by atoms with Crippen molar-refractivity contribution in [1.29, 1.82) is 0 Å². The molecular formula is C18H23ClN2O2S. The highest BCUT2D eigenvalue weighted by atomic mass is 35.5. The van der Waals surface area contributed by atoms with E-state index < -0.39 is 0 Å². The van der Waals surface area contributed by atoms with Gasteiger partial charge in [0.15, 0.2) is 0 Å². The fraction of sp³-hybridized carbons (Fsp3) is 0.444. The highest BCUT2D eigenvalue weighted by molar-refractivity contribution is 7.99. The molecule has 0 atom stereocenters. The van der Waals surface area contributed by atoms with Crippen LogP contribution >= 0.6 is 23.4 Å². The van der Waals surface area contributed by atoms with Gasteiger partial charge in [0.2, 0.25) is 5.91 Å². The number of halogens is 1. The number of nitrogens with one attached hydrogen (secondary N) is 1. The SMILES string of the molecule is CCc1ccc(Cl)c(CC)c1NC(=O)CSCc1c(C)noc1C. The van der Waals surface area contributed by atoms with Crippen molar-refractivity contribution < 1.29 is 9.32 Å². The summed E-state index contributed by atoms with van der Waals surface area (Å²) in [5.74, 6) is 1.89. The summed E-state index contributed by atoms with van der Waals surface area (Å²) < 4.78 is 5.14. The average molecular weight is 367 g/mol. The molecule has 0 saturated heterocycles. The first kappa shape index (κ1) is 18.9. The number of anilines is 1. The van der Waals surface area contributed by atoms with Gasteiger partial charge in [0, 0.05) is 22.0 Å². The molecular weight excluding hydrogens is 344 g/mol. The van der Waals surface area contributed by atoms with E-state index in [-0.39, 0.29) is 5.91 Å². The summed E-state index contributed by atoms with van der Waals surface area (Å²) in [4.78, 5) is 12.3. The smallest absolute Gasteiger partial charge is 0.234 e. The maximum Gasteiger partial charge on any atom is 0.234 e. The van der Waals surface area contributed by atoms with Crippen LogP contribution in [0.2, 0.25) is 5.02 Å². The molecule has 2 aromatic rings. The Morgan fingerprint density at radius 2 is 2.00 bits per heavy atom. The monoisotopic (exact) mass is 366 g/mol. The summed E-state index contributed by atoms with van der Waals surface area (Å²) in [6.07, 6.45) is 1.64. The van der Waals surface area contributed by atoms with Gasteiger partial charge in [0.05, 0.1) is 11.4 Å². The Kier molecular flexibility index (Phi) is 6.75. The minimum atomic E-state index is -0.0153. The zero-order valence-electron chi connectivity index (χ0n) is 14.5. The van der Waals surface area contributed by atoms with Crippen LogP contribution in [0.25, 0.3) is 0 Å². The van der Waals surface area contributed by atoms with Gasteiger partial charge in [0.25, 0.3) is 0 Å². The molecule has 0 bridgehead atoms. The molecule has 0 aliphatic rings. The van der Waals surface area contributed by atoms with Gasteiger partial charge in [-0.05, 0) is 43.9 Å². The molecule has 0 radical (unpaired) electrons. The minimum Gasteiger partial charge on any atom is -0.361 e. The minimum absolute atomic E-state index is 0.0153. The highest BCUT2D eigenvalue weighted by Gasteiger charge is 2.14. The van der Waals surface area contributed by atoms with Crippen molar-refractivity contribution in [3.05, 3.63) is 45.3 Å². The molecule has 1 aromatic carbocycles. The summed E-state index contributed by atoms with van der Waals surface area (Å²) in [6.45, 7) is 7.93. The van der Waals surface area contributed by atoms with Crippen LogP contribution in [0.15, 0.2) is 16.7 Å². The number of amides is 1.